The van der Waals surface area contributed by atoms with Crippen molar-refractivity contribution in [1.29, 1.82) is 10.5 Å². The molecule has 0 saturated heterocycles. The third-order valence-corrected chi connectivity index (χ3v) is 1.09. The van der Waals surface area contributed by atoms with E-state index in [-0.39, 0.29) is 42.7 Å². The fourth-order valence-corrected chi connectivity index (χ4v) is 0.192. The Kier molecular flexibility index (Phi) is 59.2. The molecule has 0 aromatic rings. The minimum absolute atomic E-state index is 0. The van der Waals surface area contributed by atoms with Crippen LogP contribution in [-0.2, 0) is 41.7 Å². The van der Waals surface area contributed by atoms with Crippen LogP contribution in [0.1, 0.15) is 0 Å². The monoisotopic (exact) mass is 354 g/mol. The number of nitrogens with zero attached hydrogens (tertiary/aromatic N) is 2. The summed E-state index contributed by atoms with van der Waals surface area (Å²) in [5.74, 6) is 0. The molecule has 0 aliphatic rings. The average Bonchev–Trinajstić information content (AvgIpc) is 2.39. The molecule has 0 unspecified atom stereocenters. The molecule has 0 bridgehead atoms. The summed E-state index contributed by atoms with van der Waals surface area (Å²) >= 11 is 7.40. The van der Waals surface area contributed by atoms with Crippen molar-refractivity contribution >= 4 is 25.3 Å². The van der Waals surface area contributed by atoms with Gasteiger partial charge in [-0.3, -0.25) is 0 Å². The van der Waals surface area contributed by atoms with Crippen molar-refractivity contribution in [2.75, 3.05) is 26.2 Å². The molecule has 0 aromatic heterocycles. The fourth-order valence-electron chi connectivity index (χ4n) is 0.192. The molecule has 0 aliphatic carbocycles. The summed E-state index contributed by atoms with van der Waals surface area (Å²) in [7, 11) is 0. The maximum atomic E-state index is 8.42. The molecule has 0 saturated carbocycles. The van der Waals surface area contributed by atoms with E-state index in [1.807, 2.05) is 0 Å². The molecule has 0 spiro atoms. The Balaban J connectivity index is -0.0000000476. The molecule has 19 heavy (non-hydrogen) atoms. The van der Waals surface area contributed by atoms with E-state index in [9.17, 15) is 0 Å². The Labute approximate surface area is 134 Å². The van der Waals surface area contributed by atoms with E-state index in [1.54, 1.807) is 0 Å². The van der Waals surface area contributed by atoms with Gasteiger partial charge in [0, 0.05) is 26.2 Å². The number of thiocyanates is 2. The van der Waals surface area contributed by atoms with E-state index < -0.39 is 12.2 Å². The zero-order valence-electron chi connectivity index (χ0n) is 10.2. The van der Waals surface area contributed by atoms with Crippen LogP contribution in [0.2, 0.25) is 0 Å². The fraction of sp³-hybridized carbons (Fsp3) is 0.750. The maximum Gasteiger partial charge on any atom is 2.00 e. The van der Waals surface area contributed by atoms with E-state index in [1.165, 1.54) is 10.8 Å². The molecule has 0 radical (unpaired) electrons. The molecule has 0 aromatic carbocycles. The molecule has 11 heteroatoms. The first-order valence-electron chi connectivity index (χ1n) is 4.64. The van der Waals surface area contributed by atoms with E-state index >= 15 is 0 Å². The second-order valence-corrected chi connectivity index (χ2v) is 2.80. The van der Waals surface area contributed by atoms with E-state index in [0.29, 0.717) is 0 Å². The number of aliphatic hydroxyl groups is 2. The van der Waals surface area contributed by atoms with Gasteiger partial charge in [0.15, 0.2) is 0 Å². The Bertz CT molecular complexity index is 184. The van der Waals surface area contributed by atoms with Crippen LogP contribution in [0.4, 0.5) is 0 Å². The number of hydrogen-bond donors (Lipinski definition) is 6. The minimum Gasteiger partial charge on any atom is -0.696 e. The number of rotatable bonds is 4. The third kappa shape index (κ3) is 73.7. The van der Waals surface area contributed by atoms with Gasteiger partial charge in [0.25, 0.3) is 0 Å². The van der Waals surface area contributed by atoms with Crippen LogP contribution in [0.15, 0.2) is 0 Å². The number of hydrogen-bond acceptors (Lipinski definition) is 10. The van der Waals surface area contributed by atoms with E-state index in [2.05, 4.69) is 25.3 Å². The zero-order valence-corrected chi connectivity index (χ0v) is 12.8. The van der Waals surface area contributed by atoms with Crippen LogP contribution in [0, 0.1) is 21.3 Å². The molecule has 116 valence electrons. The van der Waals surface area contributed by atoms with Crippen molar-refractivity contribution < 1.29 is 26.7 Å². The van der Waals surface area contributed by atoms with Crippen molar-refractivity contribution in [3.63, 3.8) is 0 Å². The third-order valence-electron chi connectivity index (χ3n) is 1.09. The van der Waals surface area contributed by atoms with Crippen molar-refractivity contribution in [2.45, 2.75) is 12.2 Å². The zero-order chi connectivity index (χ0) is 15.4. The predicted molar refractivity (Wildman–Crippen MR) is 74.2 cm³/mol. The van der Waals surface area contributed by atoms with Gasteiger partial charge in [-0.25, -0.2) is 10.5 Å². The summed E-state index contributed by atoms with van der Waals surface area (Å²) in [6, 6.07) is 0. The summed E-state index contributed by atoms with van der Waals surface area (Å²) in [5, 5.41) is 33.8. The van der Waals surface area contributed by atoms with Crippen LogP contribution in [0.3, 0.4) is 0 Å². The minimum atomic E-state index is -0.509. The van der Waals surface area contributed by atoms with Gasteiger partial charge in [-0.2, -0.15) is 0 Å². The first kappa shape index (κ1) is 31.2. The predicted octanol–water partition coefficient (Wildman–Crippen LogP) is -3.44. The number of nitriles is 2. The first-order valence-corrected chi connectivity index (χ1v) is 5.45. The Morgan fingerprint density at radius 1 is 0.789 bits per heavy atom. The van der Waals surface area contributed by atoms with Crippen LogP contribution < -0.4 is 22.9 Å². The van der Waals surface area contributed by atoms with Gasteiger partial charge < -0.3 is 58.4 Å². The first-order chi connectivity index (χ1) is 8.44. The SMILES string of the molecule is N#C[S-].N#C[S-].NCC(O)CN.NCC(O)CN.[Ni+2]. The molecule has 0 aliphatic heterocycles. The summed E-state index contributed by atoms with van der Waals surface area (Å²) in [4.78, 5) is 0. The molecule has 0 amide bonds. The molecule has 0 atom stereocenters. The van der Waals surface area contributed by atoms with Crippen molar-refractivity contribution in [3.8, 4) is 10.8 Å². The van der Waals surface area contributed by atoms with Crippen molar-refractivity contribution in [1.82, 2.24) is 0 Å². The van der Waals surface area contributed by atoms with Crippen LogP contribution in [-0.4, -0.2) is 48.6 Å². The van der Waals surface area contributed by atoms with Crippen LogP contribution in [0.25, 0.3) is 0 Å². The number of nitrogens with two attached hydrogens (primary N) is 4. The normalized spacial score (nSPS) is 7.05. The second kappa shape index (κ2) is 36.1. The van der Waals surface area contributed by atoms with Crippen LogP contribution >= 0.6 is 0 Å². The van der Waals surface area contributed by atoms with Crippen LogP contribution in [0.5, 0.6) is 0 Å². The standard InChI is InChI=1S/2C3H10N2O.2CHNS.Ni/c2*4-1-3(6)2-5;2*2-1-3;/h2*3,6H,1-2,4-5H2;2*3H;/q;;;;+2/p-2. The second-order valence-electron chi connectivity index (χ2n) is 2.43. The molecule has 0 rings (SSSR count). The quantitative estimate of drug-likeness (QED) is 0.168. The van der Waals surface area contributed by atoms with Gasteiger partial charge in [0.05, 0.1) is 12.2 Å². The Morgan fingerprint density at radius 2 is 0.895 bits per heavy atom. The van der Waals surface area contributed by atoms with Gasteiger partial charge in [-0.15, -0.1) is 0 Å². The summed E-state index contributed by atoms with van der Waals surface area (Å²) < 4.78 is 0. The topological polar surface area (TPSA) is 192 Å². The Morgan fingerprint density at radius 3 is 0.895 bits per heavy atom. The summed E-state index contributed by atoms with van der Waals surface area (Å²) in [5.41, 5.74) is 19.8. The van der Waals surface area contributed by atoms with Crippen molar-refractivity contribution in [3.05, 3.63) is 0 Å². The summed E-state index contributed by atoms with van der Waals surface area (Å²) in [6.45, 7) is 1.04. The Hall–Kier alpha value is -0.326. The summed E-state index contributed by atoms with van der Waals surface area (Å²) in [6.07, 6.45) is -1.02. The number of aliphatic hydroxyl groups excluding tert-OH is 2. The largest absolute Gasteiger partial charge is 2.00 e. The molecular weight excluding hydrogens is 335 g/mol. The van der Waals surface area contributed by atoms with Crippen molar-refractivity contribution in [2.24, 2.45) is 22.9 Å². The smallest absolute Gasteiger partial charge is 0.696 e. The van der Waals surface area contributed by atoms with Gasteiger partial charge in [0.1, 0.15) is 0 Å². The van der Waals surface area contributed by atoms with Gasteiger partial charge in [0.2, 0.25) is 0 Å². The van der Waals surface area contributed by atoms with Gasteiger partial charge in [-0.05, 0) is 0 Å². The van der Waals surface area contributed by atoms with Gasteiger partial charge >= 0.3 is 16.5 Å². The molecular formula is C8H20N6NiO2S2. The molecule has 8 nitrogen and oxygen atoms in total. The van der Waals surface area contributed by atoms with Gasteiger partial charge in [-0.1, -0.05) is 10.8 Å². The molecule has 0 fully saturated rings. The average molecular weight is 355 g/mol. The van der Waals surface area contributed by atoms with E-state index in [0.717, 1.165) is 0 Å². The molecule has 0 heterocycles. The van der Waals surface area contributed by atoms with E-state index in [4.69, 9.17) is 43.7 Å². The molecule has 10 N–H and O–H groups in total. The maximum absolute atomic E-state index is 8.42.